The molecule has 1 rings (SSSR count). The Hall–Kier alpha value is -0.900. The second-order valence-corrected chi connectivity index (χ2v) is 3.74. The van der Waals surface area contributed by atoms with Crippen molar-refractivity contribution in [3.8, 4) is 0 Å². The van der Waals surface area contributed by atoms with Crippen LogP contribution in [0.4, 0.5) is 0 Å². The number of hydrogen-bond donors (Lipinski definition) is 1. The molecule has 80 valence electrons. The standard InChI is InChI=1S/C10H18N2O2/c1-3-11-10(14)7-12(2)8-5-4-6-9(8)13/h8H,3-7H2,1-2H3,(H,11,14). The summed E-state index contributed by atoms with van der Waals surface area (Å²) in [7, 11) is 1.84. The van der Waals surface area contributed by atoms with Crippen molar-refractivity contribution in [1.82, 2.24) is 10.2 Å². The molecule has 0 aromatic rings. The number of rotatable bonds is 4. The Morgan fingerprint density at radius 3 is 2.86 bits per heavy atom. The number of carbonyl (C=O) groups excluding carboxylic acids is 2. The van der Waals surface area contributed by atoms with E-state index in [9.17, 15) is 9.59 Å². The van der Waals surface area contributed by atoms with Gasteiger partial charge >= 0.3 is 0 Å². The summed E-state index contributed by atoms with van der Waals surface area (Å²) >= 11 is 0. The number of likely N-dealkylation sites (N-methyl/N-ethyl adjacent to an activating group) is 2. The number of nitrogens with one attached hydrogen (secondary N) is 1. The lowest BCUT2D eigenvalue weighted by Crippen LogP contribution is -2.42. The summed E-state index contributed by atoms with van der Waals surface area (Å²) in [5.74, 6) is 0.270. The maximum Gasteiger partial charge on any atom is 0.234 e. The van der Waals surface area contributed by atoms with Gasteiger partial charge in [0.2, 0.25) is 5.91 Å². The highest BCUT2D eigenvalue weighted by Gasteiger charge is 2.28. The highest BCUT2D eigenvalue weighted by atomic mass is 16.2. The van der Waals surface area contributed by atoms with Crippen molar-refractivity contribution in [3.05, 3.63) is 0 Å². The van der Waals surface area contributed by atoms with E-state index in [-0.39, 0.29) is 17.7 Å². The van der Waals surface area contributed by atoms with E-state index in [1.165, 1.54) is 0 Å². The van der Waals surface area contributed by atoms with Gasteiger partial charge in [0.1, 0.15) is 5.78 Å². The normalized spacial score (nSPS) is 21.6. The molecule has 0 aromatic heterocycles. The SMILES string of the molecule is CCNC(=O)CN(C)C1CCCC1=O. The monoisotopic (exact) mass is 198 g/mol. The van der Waals surface area contributed by atoms with Crippen LogP contribution >= 0.6 is 0 Å². The van der Waals surface area contributed by atoms with E-state index < -0.39 is 0 Å². The molecule has 1 N–H and O–H groups in total. The first-order valence-electron chi connectivity index (χ1n) is 5.14. The predicted molar refractivity (Wildman–Crippen MR) is 54.0 cm³/mol. The molecular formula is C10H18N2O2. The van der Waals surface area contributed by atoms with Gasteiger partial charge in [0.05, 0.1) is 12.6 Å². The Labute approximate surface area is 84.7 Å². The van der Waals surface area contributed by atoms with Gasteiger partial charge in [-0.3, -0.25) is 14.5 Å². The molecule has 0 saturated heterocycles. The lowest BCUT2D eigenvalue weighted by atomic mass is 10.2. The molecule has 1 saturated carbocycles. The van der Waals surface area contributed by atoms with Crippen molar-refractivity contribution in [1.29, 1.82) is 0 Å². The summed E-state index contributed by atoms with van der Waals surface area (Å²) in [6.45, 7) is 2.86. The van der Waals surface area contributed by atoms with E-state index in [0.717, 1.165) is 12.8 Å². The summed E-state index contributed by atoms with van der Waals surface area (Å²) in [5.41, 5.74) is 0. The number of Topliss-reactive ketones (excluding diaryl/α,β-unsaturated/α-hetero) is 1. The lowest BCUT2D eigenvalue weighted by Gasteiger charge is -2.21. The predicted octanol–water partition coefficient (Wildman–Crippen LogP) is 0.176. The number of nitrogens with zero attached hydrogens (tertiary/aromatic N) is 1. The van der Waals surface area contributed by atoms with E-state index in [1.54, 1.807) is 0 Å². The maximum absolute atomic E-state index is 11.4. The van der Waals surface area contributed by atoms with Crippen LogP contribution < -0.4 is 5.32 Å². The van der Waals surface area contributed by atoms with E-state index in [2.05, 4.69) is 5.32 Å². The molecule has 1 atom stereocenters. The lowest BCUT2D eigenvalue weighted by molar-refractivity contribution is -0.125. The fourth-order valence-electron chi connectivity index (χ4n) is 1.85. The van der Waals surface area contributed by atoms with E-state index in [1.807, 2.05) is 18.9 Å². The first kappa shape index (κ1) is 11.2. The van der Waals surface area contributed by atoms with Gasteiger partial charge in [-0.05, 0) is 26.8 Å². The molecule has 0 aliphatic heterocycles. The molecule has 4 nitrogen and oxygen atoms in total. The second-order valence-electron chi connectivity index (χ2n) is 3.74. The average Bonchev–Trinajstić information content (AvgIpc) is 2.51. The van der Waals surface area contributed by atoms with Crippen molar-refractivity contribution >= 4 is 11.7 Å². The fourth-order valence-corrected chi connectivity index (χ4v) is 1.85. The van der Waals surface area contributed by atoms with Crippen molar-refractivity contribution in [2.45, 2.75) is 32.2 Å². The topological polar surface area (TPSA) is 49.4 Å². The number of amides is 1. The Kier molecular flexibility index (Phi) is 4.07. The summed E-state index contributed by atoms with van der Waals surface area (Å²) in [6, 6.07) is -0.0300. The highest BCUT2D eigenvalue weighted by molar-refractivity contribution is 5.86. The van der Waals surface area contributed by atoms with Crippen LogP contribution in [-0.4, -0.2) is 42.8 Å². The van der Waals surface area contributed by atoms with Gasteiger partial charge in [-0.2, -0.15) is 0 Å². The van der Waals surface area contributed by atoms with Gasteiger partial charge in [-0.1, -0.05) is 0 Å². The zero-order chi connectivity index (χ0) is 10.6. The van der Waals surface area contributed by atoms with Crippen LogP contribution in [0.5, 0.6) is 0 Å². The van der Waals surface area contributed by atoms with Crippen molar-refractivity contribution in [3.63, 3.8) is 0 Å². The first-order valence-corrected chi connectivity index (χ1v) is 5.14. The van der Waals surface area contributed by atoms with Crippen molar-refractivity contribution in [2.24, 2.45) is 0 Å². The Bertz CT molecular complexity index is 228. The van der Waals surface area contributed by atoms with Crippen LogP contribution in [0.1, 0.15) is 26.2 Å². The summed E-state index contributed by atoms with van der Waals surface area (Å²) in [6.07, 6.45) is 2.53. The number of carbonyl (C=O) groups is 2. The van der Waals surface area contributed by atoms with Gasteiger partial charge in [0.25, 0.3) is 0 Å². The Morgan fingerprint density at radius 2 is 2.36 bits per heavy atom. The molecular weight excluding hydrogens is 180 g/mol. The number of hydrogen-bond acceptors (Lipinski definition) is 3. The molecule has 0 aromatic carbocycles. The first-order chi connectivity index (χ1) is 6.65. The minimum Gasteiger partial charge on any atom is -0.355 e. The minimum atomic E-state index is -0.0300. The van der Waals surface area contributed by atoms with E-state index >= 15 is 0 Å². The van der Waals surface area contributed by atoms with E-state index in [4.69, 9.17) is 0 Å². The summed E-state index contributed by atoms with van der Waals surface area (Å²) < 4.78 is 0. The molecule has 0 bridgehead atoms. The molecule has 4 heteroatoms. The van der Waals surface area contributed by atoms with Crippen LogP contribution in [0.3, 0.4) is 0 Å². The molecule has 1 unspecified atom stereocenters. The average molecular weight is 198 g/mol. The molecule has 1 fully saturated rings. The van der Waals surface area contributed by atoms with Gasteiger partial charge in [0, 0.05) is 13.0 Å². The molecule has 1 aliphatic carbocycles. The zero-order valence-corrected chi connectivity index (χ0v) is 8.88. The Morgan fingerprint density at radius 1 is 1.64 bits per heavy atom. The fraction of sp³-hybridized carbons (Fsp3) is 0.800. The summed E-state index contributed by atoms with van der Waals surface area (Å²) in [4.78, 5) is 24.5. The zero-order valence-electron chi connectivity index (χ0n) is 8.88. The van der Waals surface area contributed by atoms with Gasteiger partial charge < -0.3 is 5.32 Å². The molecule has 1 aliphatic rings. The third-order valence-corrected chi connectivity index (χ3v) is 2.57. The molecule has 0 heterocycles. The third-order valence-electron chi connectivity index (χ3n) is 2.57. The van der Waals surface area contributed by atoms with Crippen LogP contribution in [0, 0.1) is 0 Å². The van der Waals surface area contributed by atoms with Crippen LogP contribution in [-0.2, 0) is 9.59 Å². The summed E-state index contributed by atoms with van der Waals surface area (Å²) in [5, 5.41) is 2.72. The minimum absolute atomic E-state index is 0.00491. The van der Waals surface area contributed by atoms with Crippen LogP contribution in [0.25, 0.3) is 0 Å². The molecule has 14 heavy (non-hydrogen) atoms. The quantitative estimate of drug-likeness (QED) is 0.701. The van der Waals surface area contributed by atoms with Gasteiger partial charge in [0.15, 0.2) is 0 Å². The largest absolute Gasteiger partial charge is 0.355 e. The van der Waals surface area contributed by atoms with Crippen molar-refractivity contribution < 1.29 is 9.59 Å². The number of ketones is 1. The van der Waals surface area contributed by atoms with Crippen LogP contribution in [0.2, 0.25) is 0 Å². The van der Waals surface area contributed by atoms with Crippen molar-refractivity contribution in [2.75, 3.05) is 20.1 Å². The van der Waals surface area contributed by atoms with Gasteiger partial charge in [-0.25, -0.2) is 0 Å². The third kappa shape index (κ3) is 2.80. The highest BCUT2D eigenvalue weighted by Crippen LogP contribution is 2.18. The molecule has 0 spiro atoms. The van der Waals surface area contributed by atoms with Crippen LogP contribution in [0.15, 0.2) is 0 Å². The van der Waals surface area contributed by atoms with Gasteiger partial charge in [-0.15, -0.1) is 0 Å². The molecule has 1 amide bonds. The van der Waals surface area contributed by atoms with E-state index in [0.29, 0.717) is 19.5 Å². The second kappa shape index (κ2) is 5.10. The smallest absolute Gasteiger partial charge is 0.234 e. The molecule has 0 radical (unpaired) electrons. The Balaban J connectivity index is 2.37. The maximum atomic E-state index is 11.4.